The summed E-state index contributed by atoms with van der Waals surface area (Å²) < 4.78 is 11.9. The number of hydrogen-bond donors (Lipinski definition) is 2. The number of carbonyl (C=O) groups is 1. The minimum Gasteiger partial charge on any atom is -0.493 e. The maximum absolute atomic E-state index is 11.4. The van der Waals surface area contributed by atoms with E-state index in [9.17, 15) is 9.90 Å². The summed E-state index contributed by atoms with van der Waals surface area (Å²) in [6.45, 7) is 2.04. The second-order valence-corrected chi connectivity index (χ2v) is 8.13. The van der Waals surface area contributed by atoms with E-state index < -0.39 is 5.97 Å². The SMILES string of the molecule is COc1cc(C)c(C(Nc2cccc(C(=O)O)c2)c2cccnc2)cc1OC1CCCC1. The molecule has 166 valence electrons. The molecule has 1 saturated carbocycles. The van der Waals surface area contributed by atoms with Gasteiger partial charge in [-0.15, -0.1) is 0 Å². The minimum atomic E-state index is -0.959. The smallest absolute Gasteiger partial charge is 0.335 e. The number of anilines is 1. The Morgan fingerprint density at radius 2 is 1.94 bits per heavy atom. The van der Waals surface area contributed by atoms with Gasteiger partial charge in [0.1, 0.15) is 0 Å². The van der Waals surface area contributed by atoms with E-state index in [-0.39, 0.29) is 17.7 Å². The van der Waals surface area contributed by atoms with Crippen molar-refractivity contribution in [3.8, 4) is 11.5 Å². The summed E-state index contributed by atoms with van der Waals surface area (Å²) in [5, 5.41) is 12.9. The number of aryl methyl sites for hydroxylation is 1. The average molecular weight is 433 g/mol. The third kappa shape index (κ3) is 4.85. The summed E-state index contributed by atoms with van der Waals surface area (Å²) in [6, 6.07) is 14.5. The summed E-state index contributed by atoms with van der Waals surface area (Å²) in [6.07, 6.45) is 8.24. The van der Waals surface area contributed by atoms with Gasteiger partial charge in [0.2, 0.25) is 0 Å². The zero-order chi connectivity index (χ0) is 22.5. The zero-order valence-corrected chi connectivity index (χ0v) is 18.4. The first-order chi connectivity index (χ1) is 15.5. The monoisotopic (exact) mass is 432 g/mol. The van der Waals surface area contributed by atoms with Crippen molar-refractivity contribution < 1.29 is 19.4 Å². The molecule has 3 aromatic rings. The first kappa shape index (κ1) is 21.7. The van der Waals surface area contributed by atoms with Gasteiger partial charge >= 0.3 is 5.97 Å². The summed E-state index contributed by atoms with van der Waals surface area (Å²) in [5.41, 5.74) is 3.97. The van der Waals surface area contributed by atoms with Crippen LogP contribution in [0.15, 0.2) is 60.9 Å². The van der Waals surface area contributed by atoms with Crippen molar-refractivity contribution in [2.24, 2.45) is 0 Å². The molecule has 1 unspecified atom stereocenters. The van der Waals surface area contributed by atoms with Gasteiger partial charge in [-0.2, -0.15) is 0 Å². The van der Waals surface area contributed by atoms with Crippen LogP contribution >= 0.6 is 0 Å². The maximum Gasteiger partial charge on any atom is 0.335 e. The Morgan fingerprint density at radius 1 is 1.12 bits per heavy atom. The van der Waals surface area contributed by atoms with Crippen molar-refractivity contribution in [2.75, 3.05) is 12.4 Å². The third-order valence-electron chi connectivity index (χ3n) is 5.90. The fraction of sp³-hybridized carbons (Fsp3) is 0.308. The molecule has 0 spiro atoms. The summed E-state index contributed by atoms with van der Waals surface area (Å²) in [5.74, 6) is 0.491. The molecule has 0 saturated heterocycles. The predicted octanol–water partition coefficient (Wildman–Crippen LogP) is 5.62. The lowest BCUT2D eigenvalue weighted by Crippen LogP contribution is -2.16. The van der Waals surface area contributed by atoms with Crippen molar-refractivity contribution >= 4 is 11.7 Å². The molecule has 1 aromatic heterocycles. The largest absolute Gasteiger partial charge is 0.493 e. The van der Waals surface area contributed by atoms with Crippen LogP contribution in [0.5, 0.6) is 11.5 Å². The number of nitrogens with zero attached hydrogens (tertiary/aromatic N) is 1. The van der Waals surface area contributed by atoms with Gasteiger partial charge in [-0.3, -0.25) is 4.98 Å². The van der Waals surface area contributed by atoms with Crippen molar-refractivity contribution in [3.05, 3.63) is 83.2 Å². The number of carboxylic acid groups (broad SMARTS) is 1. The number of benzene rings is 2. The van der Waals surface area contributed by atoms with Crippen LogP contribution in [0.4, 0.5) is 5.69 Å². The lowest BCUT2D eigenvalue weighted by atomic mass is 9.94. The zero-order valence-electron chi connectivity index (χ0n) is 18.4. The standard InChI is InChI=1S/C26H28N2O4/c1-17-13-23(31-2)24(32-21-10-3-4-11-21)15-22(17)25(19-8-6-12-27-16-19)28-20-9-5-7-18(14-20)26(29)30/h5-9,12-16,21,25,28H,3-4,10-11H2,1-2H3,(H,29,30). The Hall–Kier alpha value is -3.54. The van der Waals surface area contributed by atoms with E-state index >= 15 is 0 Å². The van der Waals surface area contributed by atoms with Crippen LogP contribution in [0, 0.1) is 6.92 Å². The highest BCUT2D eigenvalue weighted by atomic mass is 16.5. The number of methoxy groups -OCH3 is 1. The highest BCUT2D eigenvalue weighted by Crippen LogP contribution is 2.38. The number of rotatable bonds is 8. The summed E-state index contributed by atoms with van der Waals surface area (Å²) in [7, 11) is 1.66. The minimum absolute atomic E-state index is 0.205. The number of pyridine rings is 1. The molecule has 1 fully saturated rings. The molecule has 0 bridgehead atoms. The second kappa shape index (κ2) is 9.73. The summed E-state index contributed by atoms with van der Waals surface area (Å²) in [4.78, 5) is 15.7. The molecule has 0 aliphatic heterocycles. The van der Waals surface area contributed by atoms with Crippen molar-refractivity contribution in [1.29, 1.82) is 0 Å². The summed E-state index contributed by atoms with van der Waals surface area (Å²) >= 11 is 0. The predicted molar refractivity (Wildman–Crippen MR) is 124 cm³/mol. The molecule has 1 aliphatic carbocycles. The number of aromatic carboxylic acids is 1. The van der Waals surface area contributed by atoms with E-state index in [1.54, 1.807) is 31.5 Å². The van der Waals surface area contributed by atoms with E-state index in [2.05, 4.69) is 10.3 Å². The second-order valence-electron chi connectivity index (χ2n) is 8.13. The highest BCUT2D eigenvalue weighted by Gasteiger charge is 2.23. The van der Waals surface area contributed by atoms with E-state index in [1.807, 2.05) is 43.5 Å². The van der Waals surface area contributed by atoms with E-state index in [1.165, 1.54) is 12.8 Å². The molecule has 0 amide bonds. The van der Waals surface area contributed by atoms with Crippen LogP contribution in [-0.4, -0.2) is 29.3 Å². The number of nitrogens with one attached hydrogen (secondary N) is 1. The van der Waals surface area contributed by atoms with E-state index in [0.717, 1.165) is 41.0 Å². The van der Waals surface area contributed by atoms with Gasteiger partial charge in [0.05, 0.1) is 24.8 Å². The first-order valence-corrected chi connectivity index (χ1v) is 10.9. The van der Waals surface area contributed by atoms with Crippen molar-refractivity contribution in [2.45, 2.75) is 44.8 Å². The molecule has 0 radical (unpaired) electrons. The van der Waals surface area contributed by atoms with Crippen molar-refractivity contribution in [3.63, 3.8) is 0 Å². The van der Waals surface area contributed by atoms with Crippen LogP contribution in [0.2, 0.25) is 0 Å². The first-order valence-electron chi connectivity index (χ1n) is 10.9. The Labute approximate surface area is 188 Å². The Bertz CT molecular complexity index is 1080. The lowest BCUT2D eigenvalue weighted by molar-refractivity contribution is 0.0697. The molecule has 2 N–H and O–H groups in total. The molecule has 6 heteroatoms. The van der Waals surface area contributed by atoms with Crippen LogP contribution in [0.1, 0.15) is 58.8 Å². The molecule has 32 heavy (non-hydrogen) atoms. The van der Waals surface area contributed by atoms with Crippen LogP contribution < -0.4 is 14.8 Å². The number of carboxylic acids is 1. The lowest BCUT2D eigenvalue weighted by Gasteiger charge is -2.25. The van der Waals surface area contributed by atoms with Gasteiger partial charge in [-0.25, -0.2) is 4.79 Å². The number of hydrogen-bond acceptors (Lipinski definition) is 5. The normalized spacial score (nSPS) is 14.7. The molecule has 1 heterocycles. The average Bonchev–Trinajstić information content (AvgIpc) is 3.32. The molecule has 2 aromatic carbocycles. The highest BCUT2D eigenvalue weighted by molar-refractivity contribution is 5.88. The fourth-order valence-electron chi connectivity index (χ4n) is 4.22. The van der Waals surface area contributed by atoms with Crippen molar-refractivity contribution in [1.82, 2.24) is 4.98 Å². The van der Waals surface area contributed by atoms with Gasteiger partial charge in [0, 0.05) is 18.1 Å². The van der Waals surface area contributed by atoms with Gasteiger partial charge in [-0.05, 0) is 85.7 Å². The molecular formula is C26H28N2O4. The third-order valence-corrected chi connectivity index (χ3v) is 5.90. The molecule has 1 aliphatic rings. The molecule has 6 nitrogen and oxygen atoms in total. The van der Waals surface area contributed by atoms with Gasteiger partial charge in [-0.1, -0.05) is 12.1 Å². The fourth-order valence-corrected chi connectivity index (χ4v) is 4.22. The van der Waals surface area contributed by atoms with E-state index in [4.69, 9.17) is 9.47 Å². The Kier molecular flexibility index (Phi) is 6.59. The Morgan fingerprint density at radius 3 is 2.62 bits per heavy atom. The molecule has 4 rings (SSSR count). The van der Waals surface area contributed by atoms with Gasteiger partial charge in [0.25, 0.3) is 0 Å². The van der Waals surface area contributed by atoms with Crippen LogP contribution in [0.3, 0.4) is 0 Å². The van der Waals surface area contributed by atoms with Crippen LogP contribution in [0.25, 0.3) is 0 Å². The molecular weight excluding hydrogens is 404 g/mol. The van der Waals surface area contributed by atoms with Crippen LogP contribution in [-0.2, 0) is 0 Å². The quantitative estimate of drug-likeness (QED) is 0.481. The number of ether oxygens (including phenoxy) is 2. The topological polar surface area (TPSA) is 80.7 Å². The van der Waals surface area contributed by atoms with Gasteiger partial charge in [0.15, 0.2) is 11.5 Å². The van der Waals surface area contributed by atoms with E-state index in [0.29, 0.717) is 5.69 Å². The molecule has 1 atom stereocenters. The maximum atomic E-state index is 11.4. The number of aromatic nitrogens is 1. The Balaban J connectivity index is 1.75. The van der Waals surface area contributed by atoms with Gasteiger partial charge < -0.3 is 19.9 Å².